The van der Waals surface area contributed by atoms with Crippen LogP contribution in [0.2, 0.25) is 0 Å². The van der Waals surface area contributed by atoms with E-state index in [4.69, 9.17) is 9.15 Å². The molecule has 4 rings (SSSR count). The molecule has 3 aromatic rings. The van der Waals surface area contributed by atoms with E-state index in [9.17, 15) is 9.59 Å². The van der Waals surface area contributed by atoms with Gasteiger partial charge in [0.1, 0.15) is 17.3 Å². The number of fused-ring (bicyclic) bond motifs is 1. The molecule has 1 aliphatic rings. The summed E-state index contributed by atoms with van der Waals surface area (Å²) in [6.45, 7) is 2.77. The fraction of sp³-hybridized carbons (Fsp3) is 0.238. The minimum absolute atomic E-state index is 0.0598. The van der Waals surface area contributed by atoms with Crippen molar-refractivity contribution in [2.24, 2.45) is 0 Å². The van der Waals surface area contributed by atoms with Gasteiger partial charge < -0.3 is 14.1 Å². The van der Waals surface area contributed by atoms with E-state index in [1.54, 1.807) is 23.1 Å². The van der Waals surface area contributed by atoms with E-state index in [-0.39, 0.29) is 23.7 Å². The Balaban J connectivity index is 1.65. The number of carbonyl (C=O) groups excluding carboxylic acids is 1. The number of morpholine rings is 1. The van der Waals surface area contributed by atoms with E-state index in [0.717, 1.165) is 10.9 Å². The molecule has 0 unspecified atom stereocenters. The van der Waals surface area contributed by atoms with Gasteiger partial charge in [0, 0.05) is 11.9 Å². The zero-order chi connectivity index (χ0) is 18.1. The average Bonchev–Trinajstić information content (AvgIpc) is 2.67. The Morgan fingerprint density at radius 2 is 1.77 bits per heavy atom. The summed E-state index contributed by atoms with van der Waals surface area (Å²) in [6, 6.07) is 18.6. The number of amides is 1. The summed E-state index contributed by atoms with van der Waals surface area (Å²) >= 11 is 0. The molecule has 5 nitrogen and oxygen atoms in total. The number of benzene rings is 2. The lowest BCUT2D eigenvalue weighted by Gasteiger charge is -2.37. The molecule has 2 heterocycles. The summed E-state index contributed by atoms with van der Waals surface area (Å²) in [6.07, 6.45) is -0.332. The van der Waals surface area contributed by atoms with Crippen molar-refractivity contribution in [2.45, 2.75) is 19.1 Å². The van der Waals surface area contributed by atoms with Crippen LogP contribution in [0.4, 0.5) is 0 Å². The highest BCUT2D eigenvalue weighted by molar-refractivity contribution is 5.96. The van der Waals surface area contributed by atoms with Gasteiger partial charge >= 0.3 is 5.63 Å². The molecule has 0 bridgehead atoms. The van der Waals surface area contributed by atoms with E-state index in [0.29, 0.717) is 18.7 Å². The van der Waals surface area contributed by atoms with Crippen molar-refractivity contribution in [2.75, 3.05) is 13.1 Å². The van der Waals surface area contributed by atoms with E-state index in [1.807, 2.05) is 49.4 Å². The Labute approximate surface area is 150 Å². The van der Waals surface area contributed by atoms with Gasteiger partial charge in [-0.1, -0.05) is 48.5 Å². The second-order valence-corrected chi connectivity index (χ2v) is 6.54. The van der Waals surface area contributed by atoms with Crippen molar-refractivity contribution in [1.29, 1.82) is 0 Å². The predicted octanol–water partition coefficient (Wildman–Crippen LogP) is 3.40. The maximum atomic E-state index is 13.0. The smallest absolute Gasteiger partial charge is 0.349 e. The Morgan fingerprint density at radius 1 is 1.04 bits per heavy atom. The number of rotatable bonds is 2. The summed E-state index contributed by atoms with van der Waals surface area (Å²) in [5.74, 6) is -0.319. The number of hydrogen-bond acceptors (Lipinski definition) is 4. The third-order valence-electron chi connectivity index (χ3n) is 4.59. The van der Waals surface area contributed by atoms with Crippen molar-refractivity contribution < 1.29 is 13.9 Å². The van der Waals surface area contributed by atoms with E-state index in [2.05, 4.69) is 0 Å². The van der Waals surface area contributed by atoms with Gasteiger partial charge in [0.15, 0.2) is 0 Å². The summed E-state index contributed by atoms with van der Waals surface area (Å²) in [4.78, 5) is 27.0. The summed E-state index contributed by atoms with van der Waals surface area (Å²) in [5.41, 5.74) is 0.947. The maximum absolute atomic E-state index is 13.0. The van der Waals surface area contributed by atoms with E-state index in [1.165, 1.54) is 0 Å². The summed E-state index contributed by atoms with van der Waals surface area (Å²) in [5, 5.41) is 0.733. The van der Waals surface area contributed by atoms with Crippen molar-refractivity contribution in [1.82, 2.24) is 4.90 Å². The van der Waals surface area contributed by atoms with Crippen molar-refractivity contribution in [3.8, 4) is 0 Å². The molecular weight excluding hydrogens is 330 g/mol. The van der Waals surface area contributed by atoms with Crippen molar-refractivity contribution in [3.05, 3.63) is 82.2 Å². The number of para-hydroxylation sites is 1. The lowest BCUT2D eigenvalue weighted by molar-refractivity contribution is -0.0692. The molecule has 0 saturated carbocycles. The van der Waals surface area contributed by atoms with Crippen LogP contribution in [-0.4, -0.2) is 30.0 Å². The van der Waals surface area contributed by atoms with Gasteiger partial charge in [-0.05, 0) is 24.6 Å². The molecule has 0 radical (unpaired) electrons. The number of hydrogen-bond donors (Lipinski definition) is 0. The first-order valence-corrected chi connectivity index (χ1v) is 8.64. The molecule has 1 saturated heterocycles. The zero-order valence-electron chi connectivity index (χ0n) is 14.4. The van der Waals surface area contributed by atoms with Gasteiger partial charge in [0.2, 0.25) is 0 Å². The number of nitrogens with zero attached hydrogens (tertiary/aromatic N) is 1. The highest BCUT2D eigenvalue weighted by atomic mass is 16.5. The lowest BCUT2D eigenvalue weighted by Crippen LogP contribution is -2.46. The Kier molecular flexibility index (Phi) is 4.31. The first kappa shape index (κ1) is 16.5. The van der Waals surface area contributed by atoms with Crippen LogP contribution in [0.5, 0.6) is 0 Å². The van der Waals surface area contributed by atoms with Gasteiger partial charge in [-0.25, -0.2) is 4.79 Å². The predicted molar refractivity (Wildman–Crippen MR) is 98.1 cm³/mol. The molecule has 1 aliphatic heterocycles. The molecule has 0 spiro atoms. The highest BCUT2D eigenvalue weighted by Gasteiger charge is 2.31. The van der Waals surface area contributed by atoms with Gasteiger partial charge in [-0.2, -0.15) is 0 Å². The molecule has 1 amide bonds. The molecule has 132 valence electrons. The van der Waals surface area contributed by atoms with Crippen LogP contribution < -0.4 is 5.63 Å². The second kappa shape index (κ2) is 6.77. The Morgan fingerprint density at radius 3 is 2.58 bits per heavy atom. The van der Waals surface area contributed by atoms with Crippen molar-refractivity contribution in [3.63, 3.8) is 0 Å². The van der Waals surface area contributed by atoms with Crippen LogP contribution in [0.15, 0.2) is 69.9 Å². The van der Waals surface area contributed by atoms with Crippen molar-refractivity contribution >= 4 is 16.9 Å². The third kappa shape index (κ3) is 3.13. The Hall–Kier alpha value is -2.92. The lowest BCUT2D eigenvalue weighted by atomic mass is 10.1. The topological polar surface area (TPSA) is 59.8 Å². The molecule has 26 heavy (non-hydrogen) atoms. The molecule has 1 aromatic heterocycles. The number of carbonyl (C=O) groups is 1. The maximum Gasteiger partial charge on any atom is 0.349 e. The molecule has 0 N–H and O–H groups in total. The van der Waals surface area contributed by atoms with E-state index >= 15 is 0 Å². The average molecular weight is 349 g/mol. The second-order valence-electron chi connectivity index (χ2n) is 6.54. The van der Waals surface area contributed by atoms with Gasteiger partial charge in [0.25, 0.3) is 5.91 Å². The quantitative estimate of drug-likeness (QED) is 0.666. The van der Waals surface area contributed by atoms with Gasteiger partial charge in [-0.3, -0.25) is 4.79 Å². The highest BCUT2D eigenvalue weighted by Crippen LogP contribution is 2.26. The molecular formula is C21H19NO4. The van der Waals surface area contributed by atoms with Crippen LogP contribution in [0.1, 0.15) is 28.9 Å². The van der Waals surface area contributed by atoms with Crippen LogP contribution in [-0.2, 0) is 4.74 Å². The SMILES string of the molecule is C[C@H]1CN(C(=O)c2cc3ccccc3oc2=O)C[C@H](c2ccccc2)O1. The zero-order valence-corrected chi connectivity index (χ0v) is 14.4. The fourth-order valence-corrected chi connectivity index (χ4v) is 3.35. The van der Waals surface area contributed by atoms with Crippen LogP contribution in [0.25, 0.3) is 11.0 Å². The fourth-order valence-electron chi connectivity index (χ4n) is 3.35. The Bertz CT molecular complexity index is 996. The molecule has 0 aliphatic carbocycles. The third-order valence-corrected chi connectivity index (χ3v) is 4.59. The molecule has 2 aromatic carbocycles. The summed E-state index contributed by atoms with van der Waals surface area (Å²) < 4.78 is 11.3. The van der Waals surface area contributed by atoms with Crippen LogP contribution >= 0.6 is 0 Å². The van der Waals surface area contributed by atoms with Crippen LogP contribution in [0.3, 0.4) is 0 Å². The first-order valence-electron chi connectivity index (χ1n) is 8.64. The normalized spacial score (nSPS) is 20.3. The minimum Gasteiger partial charge on any atom is -0.422 e. The molecule has 1 fully saturated rings. The monoisotopic (exact) mass is 349 g/mol. The molecule has 2 atom stereocenters. The van der Waals surface area contributed by atoms with Gasteiger partial charge in [0.05, 0.1) is 12.6 Å². The number of ether oxygens (including phenoxy) is 1. The standard InChI is InChI=1S/C21H19NO4/c1-14-12-22(13-19(25-14)15-7-3-2-4-8-15)20(23)17-11-16-9-5-6-10-18(16)26-21(17)24/h2-11,14,19H,12-13H2,1H3/t14-,19+/m0/s1. The van der Waals surface area contributed by atoms with Crippen LogP contribution in [0, 0.1) is 0 Å². The first-order chi connectivity index (χ1) is 12.6. The van der Waals surface area contributed by atoms with Gasteiger partial charge in [-0.15, -0.1) is 0 Å². The summed E-state index contributed by atoms with van der Waals surface area (Å²) in [7, 11) is 0. The largest absolute Gasteiger partial charge is 0.422 e. The minimum atomic E-state index is -0.607. The van der Waals surface area contributed by atoms with E-state index < -0.39 is 5.63 Å². The molecule has 5 heteroatoms.